The first-order chi connectivity index (χ1) is 11.3. The zero-order chi connectivity index (χ0) is 17.7. The molecule has 3 nitrogen and oxygen atoms in total. The summed E-state index contributed by atoms with van der Waals surface area (Å²) in [5, 5.41) is 2.79. The second kappa shape index (κ2) is 7.71. The van der Waals surface area contributed by atoms with Gasteiger partial charge in [-0.1, -0.05) is 18.1 Å². The molecule has 1 aliphatic rings. The predicted molar refractivity (Wildman–Crippen MR) is 86.0 cm³/mol. The fourth-order valence-electron chi connectivity index (χ4n) is 3.25. The van der Waals surface area contributed by atoms with Gasteiger partial charge in [0, 0.05) is 12.6 Å². The van der Waals surface area contributed by atoms with E-state index in [1.165, 1.54) is 12.1 Å². The van der Waals surface area contributed by atoms with Crippen LogP contribution in [0.5, 0.6) is 0 Å². The molecule has 1 aliphatic heterocycles. The lowest BCUT2D eigenvalue weighted by Crippen LogP contribution is -2.41. The normalized spacial score (nSPS) is 21.7. The molecule has 1 aromatic rings. The molecule has 1 fully saturated rings. The maximum atomic E-state index is 12.7. The average Bonchev–Trinajstić information content (AvgIpc) is 2.52. The molecular weight excluding hydrogens is 317 g/mol. The highest BCUT2D eigenvalue weighted by Gasteiger charge is 2.33. The van der Waals surface area contributed by atoms with Gasteiger partial charge < -0.3 is 5.32 Å². The SMILES string of the molecule is CC#CC(=O)NC[C@@H]1CCCN(C)[C@H]1c1ccc(C(F)(F)F)cc1. The Morgan fingerprint density at radius 2 is 2.00 bits per heavy atom. The van der Waals surface area contributed by atoms with Crippen molar-refractivity contribution in [2.75, 3.05) is 20.1 Å². The summed E-state index contributed by atoms with van der Waals surface area (Å²) < 4.78 is 38.2. The first kappa shape index (κ1) is 18.3. The van der Waals surface area contributed by atoms with E-state index in [4.69, 9.17) is 0 Å². The van der Waals surface area contributed by atoms with Gasteiger partial charge in [0.1, 0.15) is 0 Å². The minimum absolute atomic E-state index is 0.0177. The number of hydrogen-bond acceptors (Lipinski definition) is 2. The Hall–Kier alpha value is -2.00. The molecule has 0 spiro atoms. The van der Waals surface area contributed by atoms with E-state index in [1.807, 2.05) is 7.05 Å². The third-order valence-electron chi connectivity index (χ3n) is 4.35. The number of likely N-dealkylation sites (tertiary alicyclic amines) is 1. The van der Waals surface area contributed by atoms with Crippen LogP contribution < -0.4 is 5.32 Å². The molecule has 1 aromatic carbocycles. The van der Waals surface area contributed by atoms with Gasteiger partial charge in [-0.05, 0) is 62.9 Å². The summed E-state index contributed by atoms with van der Waals surface area (Å²) in [7, 11) is 1.96. The van der Waals surface area contributed by atoms with E-state index in [0.717, 1.165) is 37.1 Å². The maximum Gasteiger partial charge on any atom is 0.416 e. The molecule has 1 amide bonds. The number of hydrogen-bond donors (Lipinski definition) is 1. The molecule has 2 atom stereocenters. The highest BCUT2D eigenvalue weighted by Crippen LogP contribution is 2.36. The standard InChI is InChI=1S/C18H21F3N2O/c1-3-5-16(24)22-12-14-6-4-11-23(2)17(14)13-7-9-15(10-8-13)18(19,20)21/h7-10,14,17H,4,6,11-12H2,1-2H3,(H,22,24)/t14-,17-/m0/s1. The number of benzene rings is 1. The Bertz CT molecular complexity index is 628. The number of amides is 1. The predicted octanol–water partition coefficient (Wildman–Crippen LogP) is 3.23. The molecule has 1 heterocycles. The van der Waals surface area contributed by atoms with Crippen LogP contribution in [0.1, 0.15) is 36.9 Å². The van der Waals surface area contributed by atoms with Crippen LogP contribution in [0.2, 0.25) is 0 Å². The van der Waals surface area contributed by atoms with Crippen molar-refractivity contribution in [1.82, 2.24) is 10.2 Å². The summed E-state index contributed by atoms with van der Waals surface area (Å²) in [6, 6.07) is 5.30. The maximum absolute atomic E-state index is 12.7. The van der Waals surface area contributed by atoms with Gasteiger partial charge in [0.05, 0.1) is 5.56 Å². The first-order valence-electron chi connectivity index (χ1n) is 7.91. The molecule has 6 heteroatoms. The van der Waals surface area contributed by atoms with E-state index in [9.17, 15) is 18.0 Å². The fraction of sp³-hybridized carbons (Fsp3) is 0.500. The van der Waals surface area contributed by atoms with Crippen LogP contribution in [0.3, 0.4) is 0 Å². The summed E-state index contributed by atoms with van der Waals surface area (Å²) in [5.41, 5.74) is 0.193. The lowest BCUT2D eigenvalue weighted by atomic mass is 9.84. The van der Waals surface area contributed by atoms with Gasteiger partial charge in [-0.3, -0.25) is 9.69 Å². The summed E-state index contributed by atoms with van der Waals surface area (Å²) in [4.78, 5) is 13.7. The number of piperidine rings is 1. The van der Waals surface area contributed by atoms with E-state index in [-0.39, 0.29) is 17.9 Å². The average molecular weight is 338 g/mol. The monoisotopic (exact) mass is 338 g/mol. The number of carbonyl (C=O) groups is 1. The number of nitrogens with zero attached hydrogens (tertiary/aromatic N) is 1. The van der Waals surface area contributed by atoms with Gasteiger partial charge >= 0.3 is 6.18 Å². The van der Waals surface area contributed by atoms with Crippen LogP contribution in [0, 0.1) is 17.8 Å². The minimum Gasteiger partial charge on any atom is -0.345 e. The van der Waals surface area contributed by atoms with Crippen LogP contribution in [0.15, 0.2) is 24.3 Å². The van der Waals surface area contributed by atoms with E-state index < -0.39 is 11.7 Å². The lowest BCUT2D eigenvalue weighted by molar-refractivity contribution is -0.137. The molecule has 0 aliphatic carbocycles. The molecule has 0 radical (unpaired) electrons. The van der Waals surface area contributed by atoms with Gasteiger partial charge in [0.2, 0.25) is 0 Å². The molecule has 24 heavy (non-hydrogen) atoms. The summed E-state index contributed by atoms with van der Waals surface area (Å²) in [6.07, 6.45) is -2.42. The largest absolute Gasteiger partial charge is 0.416 e. The Morgan fingerprint density at radius 3 is 2.58 bits per heavy atom. The van der Waals surface area contributed by atoms with Crippen molar-refractivity contribution in [2.24, 2.45) is 5.92 Å². The van der Waals surface area contributed by atoms with E-state index >= 15 is 0 Å². The second-order valence-corrected chi connectivity index (χ2v) is 6.03. The number of halogens is 3. The molecule has 0 bridgehead atoms. The third kappa shape index (κ3) is 4.51. The van der Waals surface area contributed by atoms with Gasteiger partial charge in [0.15, 0.2) is 0 Å². The van der Waals surface area contributed by atoms with Gasteiger partial charge in [-0.25, -0.2) is 0 Å². The van der Waals surface area contributed by atoms with Crippen molar-refractivity contribution in [1.29, 1.82) is 0 Å². The highest BCUT2D eigenvalue weighted by atomic mass is 19.4. The number of nitrogens with one attached hydrogen (secondary N) is 1. The molecule has 0 saturated carbocycles. The number of carbonyl (C=O) groups excluding carboxylic acids is 1. The summed E-state index contributed by atoms with van der Waals surface area (Å²) >= 11 is 0. The molecule has 0 unspecified atom stereocenters. The Kier molecular flexibility index (Phi) is 5.89. The number of alkyl halides is 3. The zero-order valence-corrected chi connectivity index (χ0v) is 13.8. The molecule has 130 valence electrons. The zero-order valence-electron chi connectivity index (χ0n) is 13.8. The Labute approximate surface area is 140 Å². The minimum atomic E-state index is -4.33. The topological polar surface area (TPSA) is 32.3 Å². The van der Waals surface area contributed by atoms with Crippen molar-refractivity contribution in [3.8, 4) is 11.8 Å². The van der Waals surface area contributed by atoms with Crippen LogP contribution in [-0.4, -0.2) is 30.9 Å². The smallest absolute Gasteiger partial charge is 0.345 e. The van der Waals surface area contributed by atoms with Gasteiger partial charge in [-0.15, -0.1) is 0 Å². The van der Waals surface area contributed by atoms with E-state index in [1.54, 1.807) is 6.92 Å². The molecule has 2 rings (SSSR count). The summed E-state index contributed by atoms with van der Waals surface area (Å²) in [5.74, 6) is 4.80. The van der Waals surface area contributed by atoms with E-state index in [2.05, 4.69) is 22.1 Å². The molecular formula is C18H21F3N2O. The molecule has 1 saturated heterocycles. The molecule has 0 aromatic heterocycles. The van der Waals surface area contributed by atoms with Crippen molar-refractivity contribution in [3.63, 3.8) is 0 Å². The number of rotatable bonds is 3. The van der Waals surface area contributed by atoms with Gasteiger partial charge in [-0.2, -0.15) is 13.2 Å². The van der Waals surface area contributed by atoms with Crippen molar-refractivity contribution in [3.05, 3.63) is 35.4 Å². The lowest BCUT2D eigenvalue weighted by Gasteiger charge is -2.39. The fourth-order valence-corrected chi connectivity index (χ4v) is 3.25. The third-order valence-corrected chi connectivity index (χ3v) is 4.35. The van der Waals surface area contributed by atoms with Crippen molar-refractivity contribution in [2.45, 2.75) is 32.0 Å². The van der Waals surface area contributed by atoms with Crippen molar-refractivity contribution >= 4 is 5.91 Å². The first-order valence-corrected chi connectivity index (χ1v) is 7.91. The summed E-state index contributed by atoms with van der Waals surface area (Å²) in [6.45, 7) is 2.94. The van der Waals surface area contributed by atoms with Crippen LogP contribution in [-0.2, 0) is 11.0 Å². The highest BCUT2D eigenvalue weighted by molar-refractivity contribution is 5.93. The Morgan fingerprint density at radius 1 is 1.33 bits per heavy atom. The second-order valence-electron chi connectivity index (χ2n) is 6.03. The van der Waals surface area contributed by atoms with Crippen LogP contribution in [0.25, 0.3) is 0 Å². The molecule has 1 N–H and O–H groups in total. The quantitative estimate of drug-likeness (QED) is 0.858. The Balaban J connectivity index is 2.16. The van der Waals surface area contributed by atoms with Crippen molar-refractivity contribution < 1.29 is 18.0 Å². The van der Waals surface area contributed by atoms with Crippen LogP contribution >= 0.6 is 0 Å². The van der Waals surface area contributed by atoms with Gasteiger partial charge in [0.25, 0.3) is 5.91 Å². The van der Waals surface area contributed by atoms with Crippen LogP contribution in [0.4, 0.5) is 13.2 Å². The van der Waals surface area contributed by atoms with E-state index in [0.29, 0.717) is 6.54 Å².